The van der Waals surface area contributed by atoms with Gasteiger partial charge in [-0.2, -0.15) is 0 Å². The Kier molecular flexibility index (Phi) is 15.4. The lowest BCUT2D eigenvalue weighted by Crippen LogP contribution is -2.42. The summed E-state index contributed by atoms with van der Waals surface area (Å²) in [6.07, 6.45) is 8.32. The van der Waals surface area contributed by atoms with Gasteiger partial charge in [0.15, 0.2) is 5.41 Å². The third kappa shape index (κ3) is 9.69. The maximum Gasteiger partial charge on any atom is 0.323 e. The van der Waals surface area contributed by atoms with Crippen molar-refractivity contribution in [3.63, 3.8) is 0 Å². The fourth-order valence-electron chi connectivity index (χ4n) is 2.90. The molecule has 0 N–H and O–H groups in total. The third-order valence-corrected chi connectivity index (χ3v) is 4.84. The second-order valence-electron chi connectivity index (χ2n) is 6.23. The quantitative estimate of drug-likeness (QED) is 0.150. The molecule has 148 valence electrons. The van der Waals surface area contributed by atoms with Crippen molar-refractivity contribution in [2.45, 2.75) is 78.1 Å². The van der Waals surface area contributed by atoms with Crippen LogP contribution in [0.3, 0.4) is 0 Å². The summed E-state index contributed by atoms with van der Waals surface area (Å²) in [4.78, 5) is 25.3. The molecule has 0 amide bonds. The summed E-state index contributed by atoms with van der Waals surface area (Å²) in [5.41, 5.74) is -1.17. The van der Waals surface area contributed by atoms with E-state index in [2.05, 4.69) is 0 Å². The van der Waals surface area contributed by atoms with Crippen LogP contribution in [0.4, 0.5) is 0 Å². The molecule has 0 aromatic carbocycles. The van der Waals surface area contributed by atoms with E-state index >= 15 is 0 Å². The minimum Gasteiger partial charge on any atom is -0.465 e. The molecule has 0 aliphatic rings. The van der Waals surface area contributed by atoms with E-state index in [1.807, 2.05) is 0 Å². The molecule has 0 fully saturated rings. The normalized spacial score (nSPS) is 11.4. The van der Waals surface area contributed by atoms with Gasteiger partial charge in [0.2, 0.25) is 0 Å². The molecule has 0 aromatic heterocycles. The van der Waals surface area contributed by atoms with Gasteiger partial charge in [0, 0.05) is 11.8 Å². The Morgan fingerprint density at radius 2 is 1.04 bits per heavy atom. The van der Waals surface area contributed by atoms with Gasteiger partial charge in [-0.3, -0.25) is 9.59 Å². The average Bonchev–Trinajstić information content (AvgIpc) is 2.60. The van der Waals surface area contributed by atoms with Gasteiger partial charge in [-0.1, -0.05) is 38.5 Å². The fourth-order valence-corrected chi connectivity index (χ4v) is 3.28. The second kappa shape index (κ2) is 15.7. The van der Waals surface area contributed by atoms with Gasteiger partial charge in [0.05, 0.1) is 13.2 Å². The molecular formula is C19H34Cl2O4. The van der Waals surface area contributed by atoms with Gasteiger partial charge >= 0.3 is 11.9 Å². The predicted molar refractivity (Wildman–Crippen MR) is 103 cm³/mol. The minimum absolute atomic E-state index is 0.262. The zero-order valence-corrected chi connectivity index (χ0v) is 17.3. The van der Waals surface area contributed by atoms with E-state index < -0.39 is 17.4 Å². The molecule has 0 rings (SSSR count). The van der Waals surface area contributed by atoms with Crippen LogP contribution in [0.25, 0.3) is 0 Å². The summed E-state index contributed by atoms with van der Waals surface area (Å²) >= 11 is 11.4. The van der Waals surface area contributed by atoms with Crippen LogP contribution < -0.4 is 0 Å². The number of esters is 2. The number of halogens is 2. The lowest BCUT2D eigenvalue weighted by Gasteiger charge is -2.29. The lowest BCUT2D eigenvalue weighted by molar-refractivity contribution is -0.173. The van der Waals surface area contributed by atoms with Crippen molar-refractivity contribution in [1.82, 2.24) is 0 Å². The number of carbonyl (C=O) groups is 2. The number of hydrogen-bond donors (Lipinski definition) is 0. The predicted octanol–water partition coefficient (Wildman–Crippen LogP) is 5.48. The van der Waals surface area contributed by atoms with Gasteiger partial charge in [0.25, 0.3) is 0 Å². The van der Waals surface area contributed by atoms with Gasteiger partial charge in [0.1, 0.15) is 0 Å². The highest BCUT2D eigenvalue weighted by Crippen LogP contribution is 2.35. The van der Waals surface area contributed by atoms with Crippen LogP contribution in [0, 0.1) is 5.41 Å². The summed E-state index contributed by atoms with van der Waals surface area (Å²) in [5, 5.41) is 0. The van der Waals surface area contributed by atoms with Crippen molar-refractivity contribution in [2.24, 2.45) is 5.41 Å². The fraction of sp³-hybridized carbons (Fsp3) is 0.895. The molecule has 0 radical (unpaired) electrons. The smallest absolute Gasteiger partial charge is 0.323 e. The molecule has 0 atom stereocenters. The molecule has 0 heterocycles. The number of ether oxygens (including phenoxy) is 2. The Hall–Kier alpha value is -0.480. The first-order valence-corrected chi connectivity index (χ1v) is 10.6. The molecule has 25 heavy (non-hydrogen) atoms. The maximum atomic E-state index is 12.7. The molecule has 0 aromatic rings. The van der Waals surface area contributed by atoms with Crippen molar-refractivity contribution < 1.29 is 19.1 Å². The van der Waals surface area contributed by atoms with E-state index in [4.69, 9.17) is 32.7 Å². The highest BCUT2D eigenvalue weighted by molar-refractivity contribution is 6.18. The standard InChI is InChI=1S/C19H34Cl2O4/c1-3-24-17(22)19(18(23)25-4-2,13-9-5-7-11-15-20)14-10-6-8-12-16-21/h3-16H2,1-2H3. The van der Waals surface area contributed by atoms with E-state index in [1.54, 1.807) is 13.8 Å². The Morgan fingerprint density at radius 3 is 1.36 bits per heavy atom. The van der Waals surface area contributed by atoms with Crippen molar-refractivity contribution in [3.05, 3.63) is 0 Å². The van der Waals surface area contributed by atoms with Gasteiger partial charge in [-0.15, -0.1) is 23.2 Å². The van der Waals surface area contributed by atoms with Gasteiger partial charge < -0.3 is 9.47 Å². The zero-order valence-electron chi connectivity index (χ0n) is 15.8. The summed E-state index contributed by atoms with van der Waals surface area (Å²) in [7, 11) is 0. The molecule has 0 saturated carbocycles. The van der Waals surface area contributed by atoms with Crippen LogP contribution >= 0.6 is 23.2 Å². The zero-order chi connectivity index (χ0) is 19.0. The topological polar surface area (TPSA) is 52.6 Å². The van der Waals surface area contributed by atoms with E-state index in [0.29, 0.717) is 24.6 Å². The van der Waals surface area contributed by atoms with Crippen molar-refractivity contribution >= 4 is 35.1 Å². The van der Waals surface area contributed by atoms with E-state index in [0.717, 1.165) is 51.4 Å². The highest BCUT2D eigenvalue weighted by atomic mass is 35.5. The molecule has 4 nitrogen and oxygen atoms in total. The largest absolute Gasteiger partial charge is 0.465 e. The Morgan fingerprint density at radius 1 is 0.680 bits per heavy atom. The van der Waals surface area contributed by atoms with Crippen LogP contribution in [-0.2, 0) is 19.1 Å². The molecule has 0 saturated heterocycles. The van der Waals surface area contributed by atoms with Crippen LogP contribution in [0.2, 0.25) is 0 Å². The number of unbranched alkanes of at least 4 members (excludes halogenated alkanes) is 6. The molecule has 0 aliphatic heterocycles. The van der Waals surface area contributed by atoms with Crippen LogP contribution in [0.5, 0.6) is 0 Å². The number of hydrogen-bond acceptors (Lipinski definition) is 4. The Balaban J connectivity index is 4.99. The first-order valence-electron chi connectivity index (χ1n) is 9.55. The highest BCUT2D eigenvalue weighted by Gasteiger charge is 2.47. The maximum absolute atomic E-state index is 12.7. The first kappa shape index (κ1) is 24.5. The van der Waals surface area contributed by atoms with Crippen LogP contribution in [0.15, 0.2) is 0 Å². The van der Waals surface area contributed by atoms with E-state index in [9.17, 15) is 9.59 Å². The number of alkyl halides is 2. The molecule has 0 aliphatic carbocycles. The van der Waals surface area contributed by atoms with E-state index in [1.165, 1.54) is 0 Å². The minimum atomic E-state index is -1.17. The van der Waals surface area contributed by atoms with Crippen LogP contribution in [0.1, 0.15) is 78.1 Å². The molecule has 0 unspecified atom stereocenters. The summed E-state index contributed by atoms with van der Waals surface area (Å²) in [5.74, 6) is 0.398. The third-order valence-electron chi connectivity index (χ3n) is 4.31. The van der Waals surface area contributed by atoms with Crippen molar-refractivity contribution in [2.75, 3.05) is 25.0 Å². The van der Waals surface area contributed by atoms with Crippen LogP contribution in [-0.4, -0.2) is 36.9 Å². The van der Waals surface area contributed by atoms with E-state index in [-0.39, 0.29) is 13.2 Å². The average molecular weight is 397 g/mol. The second-order valence-corrected chi connectivity index (χ2v) is 6.99. The molecule has 0 bridgehead atoms. The molecular weight excluding hydrogens is 363 g/mol. The first-order chi connectivity index (χ1) is 12.1. The summed E-state index contributed by atoms with van der Waals surface area (Å²) in [6, 6.07) is 0. The molecule has 0 spiro atoms. The number of carbonyl (C=O) groups excluding carboxylic acids is 2. The summed E-state index contributed by atoms with van der Waals surface area (Å²) in [6.45, 7) is 4.04. The van der Waals surface area contributed by atoms with Crippen molar-refractivity contribution in [1.29, 1.82) is 0 Å². The molecule has 6 heteroatoms. The Bertz CT molecular complexity index is 327. The van der Waals surface area contributed by atoms with Gasteiger partial charge in [-0.25, -0.2) is 0 Å². The summed E-state index contributed by atoms with van der Waals surface area (Å²) < 4.78 is 10.5. The SMILES string of the molecule is CCOC(=O)C(CCCCCCCl)(CCCCCCCl)C(=O)OCC. The van der Waals surface area contributed by atoms with Gasteiger partial charge in [-0.05, 0) is 39.5 Å². The lowest BCUT2D eigenvalue weighted by atomic mass is 9.77. The monoisotopic (exact) mass is 396 g/mol. The van der Waals surface area contributed by atoms with Crippen molar-refractivity contribution in [3.8, 4) is 0 Å². The Labute approximate surface area is 162 Å². The number of rotatable bonds is 16.